The first-order valence-electron chi connectivity index (χ1n) is 8.04. The first-order chi connectivity index (χ1) is 10.6. The second-order valence-electron chi connectivity index (χ2n) is 5.72. The van der Waals surface area contributed by atoms with E-state index in [0.29, 0.717) is 6.42 Å². The molecule has 0 spiro atoms. The maximum atomic E-state index is 11.5. The van der Waals surface area contributed by atoms with Gasteiger partial charge in [0.25, 0.3) is 0 Å². The normalized spacial score (nSPS) is 10.4. The number of benzene rings is 1. The Balaban J connectivity index is 0. The molecule has 0 saturated carbocycles. The van der Waals surface area contributed by atoms with Gasteiger partial charge in [0.1, 0.15) is 0 Å². The minimum Gasteiger partial charge on any atom is -0.549 e. The smallest absolute Gasteiger partial charge is 0.549 e. The van der Waals surface area contributed by atoms with Crippen LogP contribution in [0.4, 0.5) is 0 Å². The largest absolute Gasteiger partial charge is 1.00 e. The SMILES string of the molecule is CCCCCCCCCC(C(=O)[O-])(C(=O)[O-])c1ccccc1.[K+].[Na+]. The Hall–Kier alpha value is 0.796. The van der Waals surface area contributed by atoms with Crippen molar-refractivity contribution in [3.05, 3.63) is 35.9 Å². The summed E-state index contributed by atoms with van der Waals surface area (Å²) in [4.78, 5) is 23.1. The molecular weight excluding hydrogens is 342 g/mol. The van der Waals surface area contributed by atoms with Crippen LogP contribution in [0.25, 0.3) is 0 Å². The molecule has 1 aromatic carbocycles. The summed E-state index contributed by atoms with van der Waals surface area (Å²) in [5, 5.41) is 23.1. The van der Waals surface area contributed by atoms with Gasteiger partial charge >= 0.3 is 80.9 Å². The van der Waals surface area contributed by atoms with Crippen LogP contribution in [-0.4, -0.2) is 11.9 Å². The average Bonchev–Trinajstić information content (AvgIpc) is 2.50. The standard InChI is InChI=1S/C18H26O4.K.Na/c1-2-3-4-5-6-7-11-14-18(16(19)20,17(21)22)15-12-9-8-10-13-15;;/h8-10,12-13H,2-7,11,14H2,1H3,(H,19,20)(H,21,22);;/q;2*+1/p-2. The topological polar surface area (TPSA) is 80.3 Å². The van der Waals surface area contributed by atoms with Gasteiger partial charge in [0.2, 0.25) is 0 Å². The molecule has 0 N–H and O–H groups in total. The van der Waals surface area contributed by atoms with Crippen LogP contribution in [0.2, 0.25) is 0 Å². The van der Waals surface area contributed by atoms with Crippen molar-refractivity contribution in [1.82, 2.24) is 0 Å². The Bertz CT molecular complexity index is 465. The van der Waals surface area contributed by atoms with E-state index in [1.807, 2.05) is 0 Å². The van der Waals surface area contributed by atoms with Gasteiger partial charge in [-0.2, -0.15) is 0 Å². The number of carboxylic acids is 2. The number of aliphatic carboxylic acids is 2. The summed E-state index contributed by atoms with van der Waals surface area (Å²) in [5.74, 6) is -3.19. The first-order valence-corrected chi connectivity index (χ1v) is 8.04. The maximum absolute atomic E-state index is 11.5. The Kier molecular flexibility index (Phi) is 16.8. The van der Waals surface area contributed by atoms with Gasteiger partial charge in [-0.15, -0.1) is 0 Å². The van der Waals surface area contributed by atoms with Crippen molar-refractivity contribution in [3.63, 3.8) is 0 Å². The van der Waals surface area contributed by atoms with Crippen LogP contribution >= 0.6 is 0 Å². The number of carboxylic acid groups (broad SMARTS) is 2. The van der Waals surface area contributed by atoms with Crippen molar-refractivity contribution in [2.75, 3.05) is 0 Å². The quantitative estimate of drug-likeness (QED) is 0.225. The molecule has 0 unspecified atom stereocenters. The van der Waals surface area contributed by atoms with Crippen LogP contribution in [0.3, 0.4) is 0 Å². The predicted molar refractivity (Wildman–Crippen MR) is 80.7 cm³/mol. The van der Waals surface area contributed by atoms with Gasteiger partial charge in [-0.25, -0.2) is 0 Å². The molecule has 24 heavy (non-hydrogen) atoms. The maximum Gasteiger partial charge on any atom is 1.00 e. The van der Waals surface area contributed by atoms with Crippen molar-refractivity contribution in [3.8, 4) is 0 Å². The van der Waals surface area contributed by atoms with E-state index >= 15 is 0 Å². The monoisotopic (exact) mass is 366 g/mol. The Morgan fingerprint density at radius 3 is 1.79 bits per heavy atom. The van der Waals surface area contributed by atoms with Gasteiger partial charge in [-0.05, 0) is 12.0 Å². The fourth-order valence-corrected chi connectivity index (χ4v) is 2.74. The molecule has 0 fully saturated rings. The average molecular weight is 366 g/mol. The molecule has 4 nitrogen and oxygen atoms in total. The molecule has 0 bridgehead atoms. The van der Waals surface area contributed by atoms with E-state index in [0.717, 1.165) is 19.3 Å². The molecule has 0 amide bonds. The number of hydrogen-bond donors (Lipinski definition) is 0. The van der Waals surface area contributed by atoms with Crippen LogP contribution in [-0.2, 0) is 15.0 Å². The Labute approximate surface area is 209 Å². The molecule has 1 rings (SSSR count). The molecule has 1 aromatic rings. The number of unbranched alkanes of at least 4 members (excludes halogenated alkanes) is 6. The van der Waals surface area contributed by atoms with E-state index in [9.17, 15) is 19.8 Å². The summed E-state index contributed by atoms with van der Waals surface area (Å²) in [6, 6.07) is 7.98. The predicted octanol–water partition coefficient (Wildman–Crippen LogP) is -4.43. The molecule has 0 radical (unpaired) electrons. The number of hydrogen-bond acceptors (Lipinski definition) is 4. The zero-order valence-corrected chi connectivity index (χ0v) is 20.3. The zero-order valence-electron chi connectivity index (χ0n) is 15.2. The van der Waals surface area contributed by atoms with Crippen molar-refractivity contribution < 1.29 is 101 Å². The second kappa shape index (κ2) is 14.9. The van der Waals surface area contributed by atoms with Gasteiger partial charge in [0.05, 0.1) is 17.4 Å². The van der Waals surface area contributed by atoms with Crippen LogP contribution in [0.1, 0.15) is 63.9 Å². The summed E-state index contributed by atoms with van der Waals surface area (Å²) in [6.45, 7) is 2.15. The fourth-order valence-electron chi connectivity index (χ4n) is 2.74. The van der Waals surface area contributed by atoms with Gasteiger partial charge in [-0.1, -0.05) is 82.2 Å². The van der Waals surface area contributed by atoms with Gasteiger partial charge in [-0.3, -0.25) is 0 Å². The van der Waals surface area contributed by atoms with E-state index < -0.39 is 17.4 Å². The van der Waals surface area contributed by atoms with Crippen molar-refractivity contribution in [2.45, 2.75) is 63.7 Å². The van der Waals surface area contributed by atoms with Gasteiger partial charge in [0.15, 0.2) is 0 Å². The van der Waals surface area contributed by atoms with Gasteiger partial charge in [0, 0.05) is 0 Å². The zero-order chi connectivity index (χ0) is 16.4. The van der Waals surface area contributed by atoms with E-state index in [2.05, 4.69) is 6.92 Å². The van der Waals surface area contributed by atoms with E-state index in [1.54, 1.807) is 18.2 Å². The van der Waals surface area contributed by atoms with E-state index in [-0.39, 0.29) is 92.9 Å². The van der Waals surface area contributed by atoms with E-state index in [1.165, 1.54) is 31.4 Å². The number of rotatable bonds is 11. The third kappa shape index (κ3) is 8.00. The summed E-state index contributed by atoms with van der Waals surface area (Å²) < 4.78 is 0. The summed E-state index contributed by atoms with van der Waals surface area (Å²) >= 11 is 0. The molecule has 0 aliphatic heterocycles. The second-order valence-corrected chi connectivity index (χ2v) is 5.72. The fraction of sp³-hybridized carbons (Fsp3) is 0.556. The number of carbonyl (C=O) groups is 2. The molecule has 122 valence electrons. The van der Waals surface area contributed by atoms with Crippen LogP contribution < -0.4 is 91.2 Å². The minimum absolute atomic E-state index is 0. The summed E-state index contributed by atoms with van der Waals surface area (Å²) in [6.07, 6.45) is 6.99. The van der Waals surface area contributed by atoms with E-state index in [4.69, 9.17) is 0 Å². The van der Waals surface area contributed by atoms with Crippen molar-refractivity contribution in [1.29, 1.82) is 0 Å². The third-order valence-electron chi connectivity index (χ3n) is 4.12. The molecular formula is C18H24KNaO4. The number of carbonyl (C=O) groups excluding carboxylic acids is 2. The van der Waals surface area contributed by atoms with Crippen molar-refractivity contribution in [2.24, 2.45) is 0 Å². The Morgan fingerprint density at radius 1 is 0.875 bits per heavy atom. The van der Waals surface area contributed by atoms with Crippen molar-refractivity contribution >= 4 is 11.9 Å². The summed E-state index contributed by atoms with van der Waals surface area (Å²) in [5.41, 5.74) is -1.83. The third-order valence-corrected chi connectivity index (χ3v) is 4.12. The summed E-state index contributed by atoms with van der Waals surface area (Å²) in [7, 11) is 0. The molecule has 0 aromatic heterocycles. The minimum atomic E-state index is -2.05. The molecule has 0 atom stereocenters. The van der Waals surface area contributed by atoms with Crippen LogP contribution in [0, 0.1) is 0 Å². The Morgan fingerprint density at radius 2 is 1.33 bits per heavy atom. The molecule has 0 aliphatic rings. The molecule has 0 aliphatic carbocycles. The molecule has 0 heterocycles. The van der Waals surface area contributed by atoms with Crippen LogP contribution in [0.15, 0.2) is 30.3 Å². The van der Waals surface area contributed by atoms with Crippen LogP contribution in [0.5, 0.6) is 0 Å². The first kappa shape index (κ1) is 27.0. The van der Waals surface area contributed by atoms with Gasteiger partial charge < -0.3 is 19.8 Å². The molecule has 6 heteroatoms. The molecule has 0 saturated heterocycles.